The number of anilines is 1. The predicted octanol–water partition coefficient (Wildman–Crippen LogP) is 3.31. The molecular weight excluding hydrogens is 246 g/mol. The van der Waals surface area contributed by atoms with Crippen molar-refractivity contribution >= 4 is 5.69 Å². The molecule has 2 aromatic rings. The molecular formula is C17H17N3. The van der Waals surface area contributed by atoms with Crippen LogP contribution in [0.2, 0.25) is 0 Å². The van der Waals surface area contributed by atoms with Crippen LogP contribution < -0.4 is 4.90 Å². The van der Waals surface area contributed by atoms with E-state index >= 15 is 0 Å². The van der Waals surface area contributed by atoms with Gasteiger partial charge in [-0.1, -0.05) is 6.07 Å². The van der Waals surface area contributed by atoms with E-state index in [0.717, 1.165) is 36.2 Å². The molecule has 0 radical (unpaired) electrons. The van der Waals surface area contributed by atoms with Gasteiger partial charge in [-0.2, -0.15) is 5.26 Å². The zero-order valence-corrected chi connectivity index (χ0v) is 11.8. The predicted molar refractivity (Wildman–Crippen MR) is 80.7 cm³/mol. The van der Waals surface area contributed by atoms with E-state index in [1.807, 2.05) is 31.3 Å². The summed E-state index contributed by atoms with van der Waals surface area (Å²) >= 11 is 0. The molecule has 1 aliphatic heterocycles. The Morgan fingerprint density at radius 2 is 2.15 bits per heavy atom. The molecule has 0 spiro atoms. The van der Waals surface area contributed by atoms with Crippen LogP contribution in [0.4, 0.5) is 5.69 Å². The third kappa shape index (κ3) is 2.14. The normalized spacial score (nSPS) is 13.8. The average molecular weight is 263 g/mol. The van der Waals surface area contributed by atoms with E-state index in [2.05, 4.69) is 29.1 Å². The van der Waals surface area contributed by atoms with E-state index in [0.29, 0.717) is 5.56 Å². The fourth-order valence-electron chi connectivity index (χ4n) is 2.75. The van der Waals surface area contributed by atoms with Gasteiger partial charge in [0.2, 0.25) is 0 Å². The van der Waals surface area contributed by atoms with E-state index in [4.69, 9.17) is 0 Å². The first-order valence-corrected chi connectivity index (χ1v) is 6.90. The molecule has 3 nitrogen and oxygen atoms in total. The maximum absolute atomic E-state index is 9.43. The largest absolute Gasteiger partial charge is 0.374 e. The zero-order valence-electron chi connectivity index (χ0n) is 11.8. The third-order valence-corrected chi connectivity index (χ3v) is 3.88. The van der Waals surface area contributed by atoms with Gasteiger partial charge in [0, 0.05) is 31.0 Å². The number of aryl methyl sites for hydroxylation is 2. The fraction of sp³-hybridized carbons (Fsp3) is 0.294. The maximum Gasteiger partial charge on any atom is 0.0999 e. The van der Waals surface area contributed by atoms with Gasteiger partial charge < -0.3 is 4.90 Å². The van der Waals surface area contributed by atoms with Crippen molar-refractivity contribution in [3.8, 4) is 17.3 Å². The summed E-state index contributed by atoms with van der Waals surface area (Å²) in [6.45, 7) is 3.07. The van der Waals surface area contributed by atoms with Crippen molar-refractivity contribution in [3.63, 3.8) is 0 Å². The molecule has 0 fully saturated rings. The van der Waals surface area contributed by atoms with Gasteiger partial charge in [0.1, 0.15) is 0 Å². The SMILES string of the molecule is Cc1ccc(-c2cc3c(cc2C#N)N(C)CCC3)nc1. The lowest BCUT2D eigenvalue weighted by molar-refractivity contribution is 0.744. The monoisotopic (exact) mass is 263 g/mol. The number of nitrogens with zero attached hydrogens (tertiary/aromatic N) is 3. The highest BCUT2D eigenvalue weighted by molar-refractivity contribution is 5.74. The lowest BCUT2D eigenvalue weighted by atomic mass is 9.94. The van der Waals surface area contributed by atoms with Crippen LogP contribution in [0.5, 0.6) is 0 Å². The van der Waals surface area contributed by atoms with Crippen molar-refractivity contribution in [2.24, 2.45) is 0 Å². The van der Waals surface area contributed by atoms with Gasteiger partial charge in [0.15, 0.2) is 0 Å². The van der Waals surface area contributed by atoms with E-state index in [-0.39, 0.29) is 0 Å². The number of hydrogen-bond acceptors (Lipinski definition) is 3. The molecule has 0 bridgehead atoms. The summed E-state index contributed by atoms with van der Waals surface area (Å²) < 4.78 is 0. The fourth-order valence-corrected chi connectivity index (χ4v) is 2.75. The first-order chi connectivity index (χ1) is 9.69. The minimum atomic E-state index is 0.703. The number of fused-ring (bicyclic) bond motifs is 1. The lowest BCUT2D eigenvalue weighted by Gasteiger charge is -2.28. The van der Waals surface area contributed by atoms with E-state index in [1.54, 1.807) is 0 Å². The van der Waals surface area contributed by atoms with Crippen LogP contribution in [-0.4, -0.2) is 18.6 Å². The van der Waals surface area contributed by atoms with Gasteiger partial charge in [-0.15, -0.1) is 0 Å². The third-order valence-electron chi connectivity index (χ3n) is 3.88. The summed E-state index contributed by atoms with van der Waals surface area (Å²) in [5.74, 6) is 0. The van der Waals surface area contributed by atoms with Gasteiger partial charge in [-0.05, 0) is 49.1 Å². The number of nitriles is 1. The highest BCUT2D eigenvalue weighted by atomic mass is 15.1. The molecule has 3 heteroatoms. The van der Waals surface area contributed by atoms with E-state index in [9.17, 15) is 5.26 Å². The summed E-state index contributed by atoms with van der Waals surface area (Å²) in [4.78, 5) is 6.69. The van der Waals surface area contributed by atoms with Gasteiger partial charge in [-0.25, -0.2) is 0 Å². The summed E-state index contributed by atoms with van der Waals surface area (Å²) in [6, 6.07) is 10.5. The topological polar surface area (TPSA) is 39.9 Å². The molecule has 0 saturated heterocycles. The van der Waals surface area contributed by atoms with Crippen LogP contribution in [0, 0.1) is 18.3 Å². The molecule has 100 valence electrons. The average Bonchev–Trinajstić information content (AvgIpc) is 2.47. The van der Waals surface area contributed by atoms with Gasteiger partial charge in [0.25, 0.3) is 0 Å². The van der Waals surface area contributed by atoms with Crippen LogP contribution in [0.1, 0.15) is 23.1 Å². The minimum absolute atomic E-state index is 0.703. The van der Waals surface area contributed by atoms with Gasteiger partial charge in [-0.3, -0.25) is 4.98 Å². The van der Waals surface area contributed by atoms with Crippen LogP contribution >= 0.6 is 0 Å². The number of aromatic nitrogens is 1. The van der Waals surface area contributed by atoms with Crippen molar-refractivity contribution in [3.05, 3.63) is 47.2 Å². The van der Waals surface area contributed by atoms with Crippen LogP contribution in [-0.2, 0) is 6.42 Å². The first-order valence-electron chi connectivity index (χ1n) is 6.90. The molecule has 0 unspecified atom stereocenters. The molecule has 1 aliphatic rings. The molecule has 20 heavy (non-hydrogen) atoms. The first kappa shape index (κ1) is 12.7. The molecule has 0 aliphatic carbocycles. The smallest absolute Gasteiger partial charge is 0.0999 e. The second-order valence-corrected chi connectivity index (χ2v) is 5.38. The van der Waals surface area contributed by atoms with E-state index in [1.165, 1.54) is 11.3 Å². The minimum Gasteiger partial charge on any atom is -0.374 e. The summed E-state index contributed by atoms with van der Waals surface area (Å²) in [6.07, 6.45) is 4.09. The Bertz CT molecular complexity index is 681. The molecule has 0 amide bonds. The van der Waals surface area contributed by atoms with Crippen molar-refractivity contribution in [2.45, 2.75) is 19.8 Å². The van der Waals surface area contributed by atoms with Crippen LogP contribution in [0.3, 0.4) is 0 Å². The number of benzene rings is 1. The van der Waals surface area contributed by atoms with Gasteiger partial charge in [0.05, 0.1) is 17.3 Å². The number of hydrogen-bond donors (Lipinski definition) is 0. The van der Waals surface area contributed by atoms with Crippen LogP contribution in [0.15, 0.2) is 30.5 Å². The molecule has 0 N–H and O–H groups in total. The standard InChI is InChI=1S/C17H17N3/c1-12-5-6-16(19-11-12)15-8-13-4-3-7-20(2)17(13)9-14(15)10-18/h5-6,8-9,11H,3-4,7H2,1-2H3. The molecule has 3 rings (SSSR count). The number of pyridine rings is 1. The Morgan fingerprint density at radius 3 is 2.85 bits per heavy atom. The summed E-state index contributed by atoms with van der Waals surface area (Å²) in [7, 11) is 2.09. The Labute approximate surface area is 119 Å². The summed E-state index contributed by atoms with van der Waals surface area (Å²) in [5.41, 5.74) is 6.15. The molecule has 2 heterocycles. The highest BCUT2D eigenvalue weighted by Crippen LogP contribution is 2.33. The second kappa shape index (κ2) is 4.97. The van der Waals surface area contributed by atoms with Crippen LogP contribution in [0.25, 0.3) is 11.3 Å². The molecule has 0 atom stereocenters. The second-order valence-electron chi connectivity index (χ2n) is 5.38. The molecule has 1 aromatic carbocycles. The lowest BCUT2D eigenvalue weighted by Crippen LogP contribution is -2.24. The molecule has 0 saturated carbocycles. The van der Waals surface area contributed by atoms with E-state index < -0.39 is 0 Å². The number of rotatable bonds is 1. The maximum atomic E-state index is 9.43. The van der Waals surface area contributed by atoms with Crippen molar-refractivity contribution in [1.29, 1.82) is 5.26 Å². The Hall–Kier alpha value is -2.34. The Morgan fingerprint density at radius 1 is 1.30 bits per heavy atom. The van der Waals surface area contributed by atoms with Crippen molar-refractivity contribution in [1.82, 2.24) is 4.98 Å². The zero-order chi connectivity index (χ0) is 14.1. The van der Waals surface area contributed by atoms with Crippen molar-refractivity contribution in [2.75, 3.05) is 18.5 Å². The quantitative estimate of drug-likeness (QED) is 0.792. The molecule has 1 aromatic heterocycles. The Kier molecular flexibility index (Phi) is 3.15. The Balaban J connectivity index is 2.16. The summed E-state index contributed by atoms with van der Waals surface area (Å²) in [5, 5.41) is 9.43. The highest BCUT2D eigenvalue weighted by Gasteiger charge is 2.17. The van der Waals surface area contributed by atoms with Crippen molar-refractivity contribution < 1.29 is 0 Å². The van der Waals surface area contributed by atoms with Gasteiger partial charge >= 0.3 is 0 Å².